The van der Waals surface area contributed by atoms with Gasteiger partial charge in [0.25, 0.3) is 0 Å². The average Bonchev–Trinajstić information content (AvgIpc) is 2.25. The molecule has 0 aliphatic rings. The van der Waals surface area contributed by atoms with Crippen molar-refractivity contribution in [3.8, 4) is 0 Å². The summed E-state index contributed by atoms with van der Waals surface area (Å²) in [5.41, 5.74) is 23.4. The zero-order valence-electron chi connectivity index (χ0n) is 12.8. The first-order valence-electron chi connectivity index (χ1n) is 7.02. The molecule has 0 saturated carbocycles. The number of hydrogen-bond donors (Lipinski definition) is 5. The van der Waals surface area contributed by atoms with Gasteiger partial charge in [0.05, 0.1) is 24.7 Å². The molecule has 0 bridgehead atoms. The lowest BCUT2D eigenvalue weighted by atomic mass is 10.3. The second-order valence-corrected chi connectivity index (χ2v) is 5.19. The summed E-state index contributed by atoms with van der Waals surface area (Å²) < 4.78 is 0. The maximum atomic E-state index is 5.86. The Morgan fingerprint density at radius 1 is 0.684 bits per heavy atom. The number of nitrogens with zero attached hydrogens (tertiary/aromatic N) is 2. The van der Waals surface area contributed by atoms with E-state index in [4.69, 9.17) is 22.9 Å². The molecule has 19 heavy (non-hydrogen) atoms. The van der Waals surface area contributed by atoms with Gasteiger partial charge in [0, 0.05) is 26.2 Å². The van der Waals surface area contributed by atoms with Crippen LogP contribution in [0.2, 0.25) is 0 Å². The molecule has 0 radical (unpaired) electrons. The second kappa shape index (κ2) is 9.60. The number of hydrogen-bond acceptors (Lipinski definition) is 7. The molecule has 0 heterocycles. The van der Waals surface area contributed by atoms with E-state index in [2.05, 4.69) is 5.32 Å². The highest BCUT2D eigenvalue weighted by atomic mass is 15.3. The van der Waals surface area contributed by atoms with Gasteiger partial charge in [-0.2, -0.15) is 0 Å². The van der Waals surface area contributed by atoms with Gasteiger partial charge in [-0.3, -0.25) is 9.80 Å². The predicted molar refractivity (Wildman–Crippen MR) is 80.9 cm³/mol. The Hall–Kier alpha value is -0.280. The van der Waals surface area contributed by atoms with Gasteiger partial charge in [-0.05, 0) is 27.7 Å². The molecule has 0 aliphatic carbocycles. The lowest BCUT2D eigenvalue weighted by molar-refractivity contribution is 0.150. The van der Waals surface area contributed by atoms with Crippen LogP contribution in [0.3, 0.4) is 0 Å². The molecule has 0 aliphatic heterocycles. The van der Waals surface area contributed by atoms with Crippen LogP contribution in [-0.4, -0.2) is 60.6 Å². The first-order valence-corrected chi connectivity index (χ1v) is 7.02. The van der Waals surface area contributed by atoms with Crippen LogP contribution in [0.4, 0.5) is 0 Å². The van der Waals surface area contributed by atoms with E-state index in [1.165, 1.54) is 0 Å². The van der Waals surface area contributed by atoms with Crippen LogP contribution in [-0.2, 0) is 0 Å². The summed E-state index contributed by atoms with van der Waals surface area (Å²) in [6, 6.07) is 0. The molecule has 7 nitrogen and oxygen atoms in total. The van der Waals surface area contributed by atoms with E-state index in [1.807, 2.05) is 37.5 Å². The van der Waals surface area contributed by atoms with Gasteiger partial charge in [0.2, 0.25) is 0 Å². The first-order chi connectivity index (χ1) is 8.77. The summed E-state index contributed by atoms with van der Waals surface area (Å²) in [7, 11) is 0. The summed E-state index contributed by atoms with van der Waals surface area (Å²) in [6.07, 6.45) is -0.143. The maximum absolute atomic E-state index is 5.86. The molecule has 4 atom stereocenters. The van der Waals surface area contributed by atoms with Crippen LogP contribution in [0, 0.1) is 0 Å². The Kier molecular flexibility index (Phi) is 9.46. The zero-order chi connectivity index (χ0) is 15.0. The SMILES string of the molecule is CC(N)N(CCNCCN(C(C)N)C(C)N)C(C)N. The van der Waals surface area contributed by atoms with Crippen molar-refractivity contribution in [3.63, 3.8) is 0 Å². The minimum atomic E-state index is -0.0357. The van der Waals surface area contributed by atoms with E-state index in [0.717, 1.165) is 26.2 Å². The quantitative estimate of drug-likeness (QED) is 0.240. The molecule has 0 saturated heterocycles. The smallest absolute Gasteiger partial charge is 0.0557 e. The van der Waals surface area contributed by atoms with Crippen LogP contribution >= 0.6 is 0 Å². The van der Waals surface area contributed by atoms with Gasteiger partial charge in [-0.15, -0.1) is 0 Å². The van der Waals surface area contributed by atoms with Gasteiger partial charge in [-0.1, -0.05) is 0 Å². The Morgan fingerprint density at radius 3 is 1.16 bits per heavy atom. The van der Waals surface area contributed by atoms with E-state index in [1.54, 1.807) is 0 Å². The van der Waals surface area contributed by atoms with Crippen molar-refractivity contribution in [2.24, 2.45) is 22.9 Å². The highest BCUT2D eigenvalue weighted by Crippen LogP contribution is 1.96. The topological polar surface area (TPSA) is 123 Å². The van der Waals surface area contributed by atoms with E-state index >= 15 is 0 Å². The van der Waals surface area contributed by atoms with Gasteiger partial charge in [0.1, 0.15) is 0 Å². The normalized spacial score (nSPS) is 18.6. The van der Waals surface area contributed by atoms with E-state index in [9.17, 15) is 0 Å². The van der Waals surface area contributed by atoms with Crippen LogP contribution in [0.25, 0.3) is 0 Å². The molecular weight excluding hydrogens is 242 g/mol. The highest BCUT2D eigenvalue weighted by molar-refractivity contribution is 4.69. The molecule has 0 amide bonds. The highest BCUT2D eigenvalue weighted by Gasteiger charge is 2.14. The van der Waals surface area contributed by atoms with Gasteiger partial charge in [-0.25, -0.2) is 0 Å². The molecule has 0 aromatic heterocycles. The van der Waals surface area contributed by atoms with Crippen molar-refractivity contribution >= 4 is 0 Å². The first kappa shape index (κ1) is 18.7. The number of nitrogens with one attached hydrogen (secondary N) is 1. The summed E-state index contributed by atoms with van der Waals surface area (Å²) in [5, 5.41) is 3.36. The number of rotatable bonds is 10. The fraction of sp³-hybridized carbons (Fsp3) is 1.00. The Bertz CT molecular complexity index is 180. The van der Waals surface area contributed by atoms with E-state index in [0.29, 0.717) is 0 Å². The molecule has 0 rings (SSSR count). The molecule has 116 valence electrons. The minimum Gasteiger partial charge on any atom is -0.316 e. The predicted octanol–water partition coefficient (Wildman–Crippen LogP) is -1.60. The monoisotopic (exact) mass is 275 g/mol. The Labute approximate surface area is 117 Å². The average molecular weight is 275 g/mol. The zero-order valence-corrected chi connectivity index (χ0v) is 12.8. The lowest BCUT2D eigenvalue weighted by Gasteiger charge is -2.31. The Morgan fingerprint density at radius 2 is 0.947 bits per heavy atom. The fourth-order valence-electron chi connectivity index (χ4n) is 2.10. The fourth-order valence-corrected chi connectivity index (χ4v) is 2.10. The largest absolute Gasteiger partial charge is 0.316 e. The third-order valence-corrected chi connectivity index (χ3v) is 3.19. The maximum Gasteiger partial charge on any atom is 0.0557 e. The standard InChI is InChI=1S/C12H33N7/c1-9(13)18(10(2)14)7-5-17-6-8-19(11(3)15)12(4)16/h9-12,17H,5-8,13-16H2,1-4H3. The van der Waals surface area contributed by atoms with Gasteiger partial charge in [0.15, 0.2) is 0 Å². The second-order valence-electron chi connectivity index (χ2n) is 5.19. The molecule has 0 fully saturated rings. The summed E-state index contributed by atoms with van der Waals surface area (Å²) in [4.78, 5) is 4.09. The van der Waals surface area contributed by atoms with Gasteiger partial charge >= 0.3 is 0 Å². The van der Waals surface area contributed by atoms with Crippen molar-refractivity contribution in [3.05, 3.63) is 0 Å². The van der Waals surface area contributed by atoms with Crippen molar-refractivity contribution in [1.29, 1.82) is 0 Å². The molecule has 0 aromatic carbocycles. The molecule has 0 aromatic rings. The van der Waals surface area contributed by atoms with E-state index < -0.39 is 0 Å². The van der Waals surface area contributed by atoms with Crippen molar-refractivity contribution in [2.45, 2.75) is 52.4 Å². The van der Waals surface area contributed by atoms with E-state index in [-0.39, 0.29) is 24.7 Å². The molecule has 0 spiro atoms. The van der Waals surface area contributed by atoms with Gasteiger partial charge < -0.3 is 28.3 Å². The molecule has 4 unspecified atom stereocenters. The third kappa shape index (κ3) is 7.78. The van der Waals surface area contributed by atoms with Crippen molar-refractivity contribution < 1.29 is 0 Å². The van der Waals surface area contributed by atoms with Crippen LogP contribution in [0.15, 0.2) is 0 Å². The van der Waals surface area contributed by atoms with Crippen molar-refractivity contribution in [1.82, 2.24) is 15.1 Å². The molecule has 7 heteroatoms. The van der Waals surface area contributed by atoms with Crippen LogP contribution in [0.5, 0.6) is 0 Å². The van der Waals surface area contributed by atoms with Crippen molar-refractivity contribution in [2.75, 3.05) is 26.2 Å². The van der Waals surface area contributed by atoms with Crippen LogP contribution < -0.4 is 28.3 Å². The molecule has 9 N–H and O–H groups in total. The summed E-state index contributed by atoms with van der Waals surface area (Å²) >= 11 is 0. The lowest BCUT2D eigenvalue weighted by Crippen LogP contribution is -2.53. The molecular formula is C12H33N7. The minimum absolute atomic E-state index is 0.0357. The third-order valence-electron chi connectivity index (χ3n) is 3.19. The number of nitrogens with two attached hydrogens (primary N) is 4. The summed E-state index contributed by atoms with van der Waals surface area (Å²) in [6.45, 7) is 11.1. The van der Waals surface area contributed by atoms with Crippen LogP contribution in [0.1, 0.15) is 27.7 Å². The summed E-state index contributed by atoms with van der Waals surface area (Å²) in [5.74, 6) is 0. The Balaban J connectivity index is 3.85.